The number of aliphatic hydroxyl groups is 1. The fourth-order valence-corrected chi connectivity index (χ4v) is 3.79. The second kappa shape index (κ2) is 12.4. The molecule has 1 aromatic rings. The second-order valence-electron chi connectivity index (χ2n) is 11.3. The maximum absolute atomic E-state index is 14.0. The van der Waals surface area contributed by atoms with E-state index in [4.69, 9.17) is 4.74 Å². The lowest BCUT2D eigenvalue weighted by atomic mass is 9.93. The summed E-state index contributed by atoms with van der Waals surface area (Å²) in [6.07, 6.45) is -0.0935. The number of amides is 3. The second-order valence-corrected chi connectivity index (χ2v) is 11.3. The van der Waals surface area contributed by atoms with Crippen molar-refractivity contribution in [3.8, 4) is 0 Å². The first-order chi connectivity index (χ1) is 16.0. The van der Waals surface area contributed by atoms with E-state index >= 15 is 0 Å². The smallest absolute Gasteiger partial charge is 0.408 e. The maximum atomic E-state index is 14.0. The van der Waals surface area contributed by atoms with E-state index in [1.54, 1.807) is 20.8 Å². The zero-order chi connectivity index (χ0) is 27.1. The molecule has 0 fully saturated rings. The molecule has 0 spiro atoms. The Kier molecular flexibility index (Phi) is 10.8. The lowest BCUT2D eigenvalue weighted by Gasteiger charge is -2.37. The number of nitrogens with one attached hydrogen (secondary N) is 2. The quantitative estimate of drug-likeness (QED) is 0.484. The minimum Gasteiger partial charge on any atom is -0.444 e. The average Bonchev–Trinajstić information content (AvgIpc) is 2.69. The number of aryl methyl sites for hydroxylation is 2. The third kappa shape index (κ3) is 9.51. The molecular formula is C27H45N3O5. The molecule has 0 aromatic heterocycles. The SMILES string of the molecule is CCC(C)C(NC(=O)OC(C)(C)C)C(=O)N(CCO)C(C(=O)NC(C)(C)C)c1ccc(C)cc1C. The minimum absolute atomic E-state index is 0.0721. The molecule has 0 aliphatic rings. The molecule has 3 amide bonds. The highest BCUT2D eigenvalue weighted by molar-refractivity contribution is 5.92. The molecule has 198 valence electrons. The van der Waals surface area contributed by atoms with Crippen molar-refractivity contribution >= 4 is 17.9 Å². The Hall–Kier alpha value is -2.61. The normalized spacial score (nSPS) is 14.5. The number of carbonyl (C=O) groups is 3. The molecule has 3 unspecified atom stereocenters. The summed E-state index contributed by atoms with van der Waals surface area (Å²) in [5.74, 6) is -1.04. The van der Waals surface area contributed by atoms with Crippen LogP contribution in [0.25, 0.3) is 0 Å². The Balaban J connectivity index is 3.56. The van der Waals surface area contributed by atoms with Gasteiger partial charge in [0.1, 0.15) is 17.7 Å². The van der Waals surface area contributed by atoms with Crippen LogP contribution in [0.15, 0.2) is 18.2 Å². The molecule has 3 atom stereocenters. The summed E-state index contributed by atoms with van der Waals surface area (Å²) in [4.78, 5) is 41.5. The van der Waals surface area contributed by atoms with Crippen molar-refractivity contribution in [1.29, 1.82) is 0 Å². The molecule has 1 aromatic carbocycles. The first-order valence-electron chi connectivity index (χ1n) is 12.3. The summed E-state index contributed by atoms with van der Waals surface area (Å²) in [5, 5.41) is 15.6. The summed E-state index contributed by atoms with van der Waals surface area (Å²) < 4.78 is 5.39. The summed E-state index contributed by atoms with van der Waals surface area (Å²) in [6.45, 7) is 18.1. The molecule has 1 rings (SSSR count). The number of alkyl carbamates (subject to hydrolysis) is 1. The lowest BCUT2D eigenvalue weighted by molar-refractivity contribution is -0.144. The fraction of sp³-hybridized carbons (Fsp3) is 0.667. The molecule has 0 saturated heterocycles. The van der Waals surface area contributed by atoms with Gasteiger partial charge in [0.2, 0.25) is 11.8 Å². The Labute approximate surface area is 210 Å². The molecular weight excluding hydrogens is 446 g/mol. The number of hydrogen-bond acceptors (Lipinski definition) is 5. The molecule has 0 saturated carbocycles. The van der Waals surface area contributed by atoms with Crippen LogP contribution in [0.2, 0.25) is 0 Å². The van der Waals surface area contributed by atoms with Crippen LogP contribution >= 0.6 is 0 Å². The van der Waals surface area contributed by atoms with Crippen LogP contribution in [0, 0.1) is 19.8 Å². The highest BCUT2D eigenvalue weighted by atomic mass is 16.6. The van der Waals surface area contributed by atoms with Gasteiger partial charge in [-0.05, 0) is 72.4 Å². The van der Waals surface area contributed by atoms with E-state index in [0.717, 1.165) is 11.1 Å². The van der Waals surface area contributed by atoms with Gasteiger partial charge >= 0.3 is 6.09 Å². The summed E-state index contributed by atoms with van der Waals surface area (Å²) in [7, 11) is 0. The van der Waals surface area contributed by atoms with Crippen LogP contribution in [0.4, 0.5) is 4.79 Å². The van der Waals surface area contributed by atoms with Crippen LogP contribution in [0.5, 0.6) is 0 Å². The van der Waals surface area contributed by atoms with Crippen LogP contribution in [-0.4, -0.2) is 58.2 Å². The van der Waals surface area contributed by atoms with Gasteiger partial charge < -0.3 is 25.4 Å². The standard InChI is InChI=1S/C27H45N3O5/c1-11-18(3)21(28-25(34)35-27(8,9)10)24(33)30(14-15-31)22(23(32)29-26(5,6)7)20-13-12-17(2)16-19(20)4/h12-13,16,18,21-22,31H,11,14-15H2,1-10H3,(H,28,34)(H,29,32). The highest BCUT2D eigenvalue weighted by Crippen LogP contribution is 2.28. The van der Waals surface area contributed by atoms with E-state index < -0.39 is 35.2 Å². The third-order valence-electron chi connectivity index (χ3n) is 5.55. The number of rotatable bonds is 9. The third-order valence-corrected chi connectivity index (χ3v) is 5.55. The zero-order valence-corrected chi connectivity index (χ0v) is 23.1. The molecule has 8 heteroatoms. The molecule has 3 N–H and O–H groups in total. The molecule has 0 aliphatic carbocycles. The van der Waals surface area contributed by atoms with Crippen molar-refractivity contribution in [2.75, 3.05) is 13.2 Å². The van der Waals surface area contributed by atoms with Crippen LogP contribution in [-0.2, 0) is 14.3 Å². The monoisotopic (exact) mass is 491 g/mol. The van der Waals surface area contributed by atoms with Gasteiger partial charge in [-0.25, -0.2) is 4.79 Å². The Bertz CT molecular complexity index is 886. The van der Waals surface area contributed by atoms with Crippen molar-refractivity contribution < 1.29 is 24.2 Å². The number of ether oxygens (including phenoxy) is 1. The van der Waals surface area contributed by atoms with Crippen LogP contribution < -0.4 is 10.6 Å². The average molecular weight is 492 g/mol. The van der Waals surface area contributed by atoms with Gasteiger partial charge in [0.05, 0.1) is 6.61 Å². The Morgan fingerprint density at radius 3 is 2.14 bits per heavy atom. The van der Waals surface area contributed by atoms with Gasteiger partial charge in [0, 0.05) is 12.1 Å². The molecule has 0 radical (unpaired) electrons. The van der Waals surface area contributed by atoms with E-state index in [9.17, 15) is 19.5 Å². The highest BCUT2D eigenvalue weighted by Gasteiger charge is 2.39. The molecule has 35 heavy (non-hydrogen) atoms. The van der Waals surface area contributed by atoms with Crippen molar-refractivity contribution in [2.24, 2.45) is 5.92 Å². The van der Waals surface area contributed by atoms with E-state index in [2.05, 4.69) is 10.6 Å². The topological polar surface area (TPSA) is 108 Å². The summed E-state index contributed by atoms with van der Waals surface area (Å²) >= 11 is 0. The van der Waals surface area contributed by atoms with Gasteiger partial charge in [0.25, 0.3) is 0 Å². The fourth-order valence-electron chi connectivity index (χ4n) is 3.79. The van der Waals surface area contributed by atoms with E-state index in [1.165, 1.54) is 4.90 Å². The Morgan fingerprint density at radius 1 is 1.09 bits per heavy atom. The first-order valence-corrected chi connectivity index (χ1v) is 12.3. The largest absolute Gasteiger partial charge is 0.444 e. The zero-order valence-electron chi connectivity index (χ0n) is 23.1. The summed E-state index contributed by atoms with van der Waals surface area (Å²) in [6, 6.07) is 3.78. The maximum Gasteiger partial charge on any atom is 0.408 e. The van der Waals surface area contributed by atoms with Crippen molar-refractivity contribution in [3.05, 3.63) is 34.9 Å². The van der Waals surface area contributed by atoms with E-state index in [0.29, 0.717) is 12.0 Å². The van der Waals surface area contributed by atoms with Crippen LogP contribution in [0.1, 0.15) is 84.5 Å². The first kappa shape index (κ1) is 30.4. The predicted molar refractivity (Wildman–Crippen MR) is 138 cm³/mol. The minimum atomic E-state index is -0.985. The molecule has 0 heterocycles. The van der Waals surface area contributed by atoms with E-state index in [-0.39, 0.29) is 25.0 Å². The predicted octanol–water partition coefficient (Wildman–Crippen LogP) is 4.02. The van der Waals surface area contributed by atoms with Crippen LogP contribution in [0.3, 0.4) is 0 Å². The number of nitrogens with zero attached hydrogens (tertiary/aromatic N) is 1. The van der Waals surface area contributed by atoms with Crippen molar-refractivity contribution in [1.82, 2.24) is 15.5 Å². The van der Waals surface area contributed by atoms with Gasteiger partial charge in [-0.2, -0.15) is 0 Å². The van der Waals surface area contributed by atoms with Gasteiger partial charge in [0.15, 0.2) is 0 Å². The Morgan fingerprint density at radius 2 is 1.69 bits per heavy atom. The number of benzene rings is 1. The lowest BCUT2D eigenvalue weighted by Crippen LogP contribution is -2.57. The van der Waals surface area contributed by atoms with Crippen molar-refractivity contribution in [3.63, 3.8) is 0 Å². The van der Waals surface area contributed by atoms with Gasteiger partial charge in [-0.3, -0.25) is 9.59 Å². The number of hydrogen-bond donors (Lipinski definition) is 3. The van der Waals surface area contributed by atoms with Gasteiger partial charge in [-0.1, -0.05) is 44.0 Å². The number of aliphatic hydroxyl groups excluding tert-OH is 1. The summed E-state index contributed by atoms with van der Waals surface area (Å²) in [5.41, 5.74) is 1.29. The molecule has 8 nitrogen and oxygen atoms in total. The number of carbonyl (C=O) groups excluding carboxylic acids is 3. The van der Waals surface area contributed by atoms with Gasteiger partial charge in [-0.15, -0.1) is 0 Å². The molecule has 0 bridgehead atoms. The van der Waals surface area contributed by atoms with Crippen molar-refractivity contribution in [2.45, 2.75) is 98.9 Å². The molecule has 0 aliphatic heterocycles. The van der Waals surface area contributed by atoms with E-state index in [1.807, 2.05) is 66.7 Å².